The van der Waals surface area contributed by atoms with Gasteiger partial charge in [0.15, 0.2) is 0 Å². The van der Waals surface area contributed by atoms with Crippen molar-refractivity contribution < 1.29 is 9.84 Å². The molecule has 0 aliphatic heterocycles. The summed E-state index contributed by atoms with van der Waals surface area (Å²) in [6.45, 7) is 5.09. The molecule has 0 aromatic heterocycles. The van der Waals surface area contributed by atoms with Gasteiger partial charge in [-0.2, -0.15) is 0 Å². The Balaban J connectivity index is 1.74. The van der Waals surface area contributed by atoms with Crippen molar-refractivity contribution >= 4 is 17.3 Å². The summed E-state index contributed by atoms with van der Waals surface area (Å²) < 4.78 is 5.88. The number of benzene rings is 1. The van der Waals surface area contributed by atoms with E-state index in [9.17, 15) is 5.11 Å². The topological polar surface area (TPSA) is 41.5 Å². The summed E-state index contributed by atoms with van der Waals surface area (Å²) in [6, 6.07) is 5.82. The lowest BCUT2D eigenvalue weighted by Gasteiger charge is -2.29. The summed E-state index contributed by atoms with van der Waals surface area (Å²) >= 11 is 6.12. The fourth-order valence-electron chi connectivity index (χ4n) is 2.83. The molecule has 1 aliphatic carbocycles. The van der Waals surface area contributed by atoms with Gasteiger partial charge in [-0.1, -0.05) is 37.4 Å². The molecule has 21 heavy (non-hydrogen) atoms. The van der Waals surface area contributed by atoms with Gasteiger partial charge in [0.1, 0.15) is 0 Å². The van der Waals surface area contributed by atoms with E-state index in [4.69, 9.17) is 16.3 Å². The van der Waals surface area contributed by atoms with Gasteiger partial charge in [-0.25, -0.2) is 0 Å². The van der Waals surface area contributed by atoms with Gasteiger partial charge < -0.3 is 15.2 Å². The summed E-state index contributed by atoms with van der Waals surface area (Å²) in [5.41, 5.74) is 2.01. The van der Waals surface area contributed by atoms with E-state index in [1.54, 1.807) is 0 Å². The highest BCUT2D eigenvalue weighted by Gasteiger charge is 2.22. The normalized spacial score (nSPS) is 23.8. The maximum atomic E-state index is 10.1. The van der Waals surface area contributed by atoms with Crippen molar-refractivity contribution in [3.05, 3.63) is 28.8 Å². The molecule has 1 aromatic rings. The van der Waals surface area contributed by atoms with Crippen LogP contribution in [0.25, 0.3) is 0 Å². The van der Waals surface area contributed by atoms with Gasteiger partial charge in [0.05, 0.1) is 29.5 Å². The molecule has 2 rings (SSSR count). The minimum absolute atomic E-state index is 0.302. The van der Waals surface area contributed by atoms with Crippen LogP contribution < -0.4 is 5.32 Å². The highest BCUT2D eigenvalue weighted by molar-refractivity contribution is 6.33. The molecule has 3 unspecified atom stereocenters. The molecule has 0 saturated heterocycles. The molecule has 0 amide bonds. The largest absolute Gasteiger partial charge is 0.389 e. The second-order valence-corrected chi connectivity index (χ2v) is 6.56. The smallest absolute Gasteiger partial charge is 0.0945 e. The molecule has 0 radical (unpaired) electrons. The fourth-order valence-corrected chi connectivity index (χ4v) is 3.01. The summed E-state index contributed by atoms with van der Waals surface area (Å²) in [6.07, 6.45) is 4.67. The van der Waals surface area contributed by atoms with Crippen molar-refractivity contribution in [2.45, 2.75) is 51.7 Å². The number of aliphatic hydroxyl groups excluding tert-OH is 1. The zero-order valence-corrected chi connectivity index (χ0v) is 13.7. The first-order valence-corrected chi connectivity index (χ1v) is 8.23. The van der Waals surface area contributed by atoms with E-state index in [1.807, 2.05) is 25.1 Å². The van der Waals surface area contributed by atoms with E-state index in [0.717, 1.165) is 17.7 Å². The first-order chi connectivity index (χ1) is 10.1. The molecule has 1 fully saturated rings. The second kappa shape index (κ2) is 8.02. The summed E-state index contributed by atoms with van der Waals surface area (Å²) in [5, 5.41) is 13.9. The maximum absolute atomic E-state index is 10.1. The number of halogens is 1. The van der Waals surface area contributed by atoms with Crippen LogP contribution in [0.1, 0.15) is 38.2 Å². The van der Waals surface area contributed by atoms with Crippen molar-refractivity contribution in [3.8, 4) is 0 Å². The number of aliphatic hydroxyl groups is 1. The van der Waals surface area contributed by atoms with Crippen LogP contribution in [-0.4, -0.2) is 30.5 Å². The van der Waals surface area contributed by atoms with Gasteiger partial charge in [-0.05, 0) is 43.4 Å². The molecular formula is C17H26ClNO2. The molecule has 1 saturated carbocycles. The Morgan fingerprint density at radius 3 is 2.90 bits per heavy atom. The van der Waals surface area contributed by atoms with Gasteiger partial charge in [-0.15, -0.1) is 0 Å². The molecular weight excluding hydrogens is 286 g/mol. The number of ether oxygens (including phenoxy) is 1. The number of nitrogens with one attached hydrogen (secondary N) is 1. The Morgan fingerprint density at radius 1 is 1.38 bits per heavy atom. The quantitative estimate of drug-likeness (QED) is 0.834. The van der Waals surface area contributed by atoms with E-state index in [0.29, 0.717) is 30.2 Å². The molecule has 2 N–H and O–H groups in total. The number of anilines is 1. The van der Waals surface area contributed by atoms with Crippen LogP contribution in [0.15, 0.2) is 18.2 Å². The van der Waals surface area contributed by atoms with E-state index >= 15 is 0 Å². The summed E-state index contributed by atoms with van der Waals surface area (Å²) in [5.74, 6) is 0.602. The molecule has 1 aliphatic rings. The van der Waals surface area contributed by atoms with E-state index in [-0.39, 0.29) is 0 Å². The minimum Gasteiger partial charge on any atom is -0.389 e. The average Bonchev–Trinajstić information content (AvgIpc) is 2.47. The molecule has 0 heterocycles. The predicted molar refractivity (Wildman–Crippen MR) is 88.1 cm³/mol. The van der Waals surface area contributed by atoms with Crippen molar-refractivity contribution in [3.63, 3.8) is 0 Å². The number of aryl methyl sites for hydroxylation is 1. The standard InChI is InChI=1S/C17H26ClNO2/c1-12-7-8-15(18)16(9-12)19-10-14(20)11-21-17-6-4-3-5-13(17)2/h7-9,13-14,17,19-20H,3-6,10-11H2,1-2H3. The molecule has 3 nitrogen and oxygen atoms in total. The van der Waals surface area contributed by atoms with Crippen molar-refractivity contribution in [1.29, 1.82) is 0 Å². The lowest BCUT2D eigenvalue weighted by atomic mass is 9.88. The Hall–Kier alpha value is -0.770. The number of hydrogen-bond donors (Lipinski definition) is 2. The number of rotatable bonds is 6. The van der Waals surface area contributed by atoms with E-state index in [2.05, 4.69) is 12.2 Å². The molecule has 0 bridgehead atoms. The zero-order valence-electron chi connectivity index (χ0n) is 12.9. The van der Waals surface area contributed by atoms with Gasteiger partial charge >= 0.3 is 0 Å². The first-order valence-electron chi connectivity index (χ1n) is 7.86. The fraction of sp³-hybridized carbons (Fsp3) is 0.647. The summed E-state index contributed by atoms with van der Waals surface area (Å²) in [7, 11) is 0. The molecule has 118 valence electrons. The molecule has 1 aromatic carbocycles. The Kier molecular flexibility index (Phi) is 6.34. The third-order valence-electron chi connectivity index (χ3n) is 4.19. The van der Waals surface area contributed by atoms with Crippen LogP contribution in [0.2, 0.25) is 5.02 Å². The van der Waals surface area contributed by atoms with Crippen LogP contribution in [0.4, 0.5) is 5.69 Å². The van der Waals surface area contributed by atoms with Crippen LogP contribution in [0.3, 0.4) is 0 Å². The van der Waals surface area contributed by atoms with Crippen molar-refractivity contribution in [1.82, 2.24) is 0 Å². The monoisotopic (exact) mass is 311 g/mol. The zero-order chi connectivity index (χ0) is 15.2. The van der Waals surface area contributed by atoms with Gasteiger partial charge in [0, 0.05) is 6.54 Å². The van der Waals surface area contributed by atoms with E-state index < -0.39 is 6.10 Å². The van der Waals surface area contributed by atoms with Crippen LogP contribution in [0.5, 0.6) is 0 Å². The van der Waals surface area contributed by atoms with Crippen LogP contribution >= 0.6 is 11.6 Å². The highest BCUT2D eigenvalue weighted by atomic mass is 35.5. The van der Waals surface area contributed by atoms with Gasteiger partial charge in [-0.3, -0.25) is 0 Å². The molecule has 4 heteroatoms. The first kappa shape index (κ1) is 16.6. The van der Waals surface area contributed by atoms with Crippen molar-refractivity contribution in [2.24, 2.45) is 5.92 Å². The lowest BCUT2D eigenvalue weighted by molar-refractivity contribution is -0.0424. The van der Waals surface area contributed by atoms with Crippen molar-refractivity contribution in [2.75, 3.05) is 18.5 Å². The minimum atomic E-state index is -0.518. The maximum Gasteiger partial charge on any atom is 0.0945 e. The Bertz CT molecular complexity index is 452. The second-order valence-electron chi connectivity index (χ2n) is 6.15. The van der Waals surface area contributed by atoms with Crippen LogP contribution in [-0.2, 0) is 4.74 Å². The van der Waals surface area contributed by atoms with Gasteiger partial charge in [0.2, 0.25) is 0 Å². The SMILES string of the molecule is Cc1ccc(Cl)c(NCC(O)COC2CCCCC2C)c1. The molecule has 0 spiro atoms. The lowest BCUT2D eigenvalue weighted by Crippen LogP contribution is -2.32. The molecule has 3 atom stereocenters. The predicted octanol–water partition coefficient (Wildman–Crippen LogP) is 4.02. The Labute approximate surface area is 132 Å². The Morgan fingerprint density at radius 2 is 2.14 bits per heavy atom. The number of hydrogen-bond acceptors (Lipinski definition) is 3. The third kappa shape index (κ3) is 5.17. The van der Waals surface area contributed by atoms with E-state index in [1.165, 1.54) is 19.3 Å². The third-order valence-corrected chi connectivity index (χ3v) is 4.52. The van der Waals surface area contributed by atoms with Gasteiger partial charge in [0.25, 0.3) is 0 Å². The van der Waals surface area contributed by atoms with Crippen LogP contribution in [0, 0.1) is 12.8 Å². The average molecular weight is 312 g/mol. The highest BCUT2D eigenvalue weighted by Crippen LogP contribution is 2.26. The summed E-state index contributed by atoms with van der Waals surface area (Å²) in [4.78, 5) is 0.